The van der Waals surface area contributed by atoms with Crippen LogP contribution in [0.1, 0.15) is 10.5 Å². The maximum Gasteiger partial charge on any atom is 0.268 e. The van der Waals surface area contributed by atoms with E-state index < -0.39 is 5.91 Å². The number of aromatic amines is 1. The normalized spacial score (nSPS) is 14.3. The lowest BCUT2D eigenvalue weighted by Crippen LogP contribution is -2.51. The Labute approximate surface area is 172 Å². The Hall–Kier alpha value is -3.06. The molecule has 0 atom stereocenters. The van der Waals surface area contributed by atoms with E-state index in [1.807, 2.05) is 24.3 Å². The molecule has 2 heterocycles. The number of fused-ring (bicyclic) bond motifs is 1. The molecule has 0 bridgehead atoms. The standard InChI is InChI=1S/C21H20ClFN4O2/c22-15-1-4-17(5-2-15)26-7-9-27(10-8-26)20(28)13-24-21(29)19-12-14-11-16(23)3-6-18(14)25-19/h1-6,11-12,25H,7-10,13H2,(H,24,29). The average Bonchev–Trinajstić information content (AvgIpc) is 3.16. The number of hydrogen-bond acceptors (Lipinski definition) is 3. The van der Waals surface area contributed by atoms with Crippen LogP contribution in [-0.2, 0) is 4.79 Å². The van der Waals surface area contributed by atoms with E-state index in [-0.39, 0.29) is 18.3 Å². The van der Waals surface area contributed by atoms with Gasteiger partial charge in [-0.1, -0.05) is 11.6 Å². The molecule has 4 rings (SSSR count). The first-order chi connectivity index (χ1) is 14.0. The lowest BCUT2D eigenvalue weighted by molar-refractivity contribution is -0.130. The van der Waals surface area contributed by atoms with Crippen molar-refractivity contribution in [3.05, 3.63) is 65.1 Å². The monoisotopic (exact) mass is 414 g/mol. The maximum atomic E-state index is 13.3. The Morgan fingerprint density at radius 1 is 1.03 bits per heavy atom. The zero-order valence-electron chi connectivity index (χ0n) is 15.6. The third-order valence-corrected chi connectivity index (χ3v) is 5.30. The number of amides is 2. The number of carbonyl (C=O) groups excluding carboxylic acids is 2. The van der Waals surface area contributed by atoms with E-state index >= 15 is 0 Å². The second-order valence-corrected chi connectivity index (χ2v) is 7.38. The molecular weight excluding hydrogens is 395 g/mol. The van der Waals surface area contributed by atoms with Gasteiger partial charge in [0.15, 0.2) is 0 Å². The third-order valence-electron chi connectivity index (χ3n) is 5.05. The number of H-pyrrole nitrogens is 1. The van der Waals surface area contributed by atoms with Gasteiger partial charge in [-0.2, -0.15) is 0 Å². The van der Waals surface area contributed by atoms with Crippen molar-refractivity contribution >= 4 is 40.0 Å². The van der Waals surface area contributed by atoms with Gasteiger partial charge in [0.25, 0.3) is 5.91 Å². The summed E-state index contributed by atoms with van der Waals surface area (Å²) in [6.07, 6.45) is 0. The molecule has 0 aliphatic carbocycles. The average molecular weight is 415 g/mol. The fourth-order valence-electron chi connectivity index (χ4n) is 3.45. The minimum absolute atomic E-state index is 0.0799. The fourth-order valence-corrected chi connectivity index (χ4v) is 3.58. The highest BCUT2D eigenvalue weighted by atomic mass is 35.5. The summed E-state index contributed by atoms with van der Waals surface area (Å²) in [5, 5.41) is 3.94. The van der Waals surface area contributed by atoms with Crippen LogP contribution in [0.15, 0.2) is 48.5 Å². The number of benzene rings is 2. The Kier molecular flexibility index (Phi) is 5.40. The lowest BCUT2D eigenvalue weighted by atomic mass is 10.2. The number of aromatic nitrogens is 1. The van der Waals surface area contributed by atoms with Crippen LogP contribution < -0.4 is 10.2 Å². The molecule has 2 amide bonds. The quantitative estimate of drug-likeness (QED) is 0.689. The molecule has 6 nitrogen and oxygen atoms in total. The maximum absolute atomic E-state index is 13.3. The Morgan fingerprint density at radius 3 is 2.48 bits per heavy atom. The molecule has 0 spiro atoms. The molecule has 1 aliphatic rings. The second kappa shape index (κ2) is 8.13. The zero-order chi connectivity index (χ0) is 20.4. The summed E-state index contributed by atoms with van der Waals surface area (Å²) in [5.74, 6) is -0.887. The molecular formula is C21H20ClFN4O2. The van der Waals surface area contributed by atoms with Crippen molar-refractivity contribution < 1.29 is 14.0 Å². The molecule has 0 unspecified atom stereocenters. The van der Waals surface area contributed by atoms with Gasteiger partial charge in [-0.05, 0) is 48.5 Å². The molecule has 2 N–H and O–H groups in total. The summed E-state index contributed by atoms with van der Waals surface area (Å²) >= 11 is 5.92. The number of nitrogens with zero attached hydrogens (tertiary/aromatic N) is 2. The van der Waals surface area contributed by atoms with E-state index in [9.17, 15) is 14.0 Å². The van der Waals surface area contributed by atoms with E-state index in [0.29, 0.717) is 34.7 Å². The Balaban J connectivity index is 1.29. The van der Waals surface area contributed by atoms with Crippen LogP contribution in [0.5, 0.6) is 0 Å². The molecule has 2 aromatic carbocycles. The predicted octanol–water partition coefficient (Wildman–Crippen LogP) is 3.04. The number of anilines is 1. The van der Waals surface area contributed by atoms with Crippen molar-refractivity contribution in [2.24, 2.45) is 0 Å². The van der Waals surface area contributed by atoms with E-state index in [0.717, 1.165) is 18.8 Å². The molecule has 1 fully saturated rings. The zero-order valence-corrected chi connectivity index (χ0v) is 16.4. The van der Waals surface area contributed by atoms with Crippen molar-refractivity contribution in [2.45, 2.75) is 0 Å². The Morgan fingerprint density at radius 2 is 1.76 bits per heavy atom. The molecule has 0 saturated carbocycles. The van der Waals surface area contributed by atoms with Gasteiger partial charge in [0.05, 0.1) is 6.54 Å². The summed E-state index contributed by atoms with van der Waals surface area (Å²) < 4.78 is 13.3. The summed E-state index contributed by atoms with van der Waals surface area (Å²) in [6, 6.07) is 13.5. The molecule has 1 aromatic heterocycles. The number of halogens is 2. The van der Waals surface area contributed by atoms with E-state index in [1.54, 1.807) is 17.0 Å². The minimum atomic E-state index is -0.394. The van der Waals surface area contributed by atoms with Crippen molar-refractivity contribution in [1.29, 1.82) is 0 Å². The molecule has 29 heavy (non-hydrogen) atoms. The van der Waals surface area contributed by atoms with Gasteiger partial charge in [-0.15, -0.1) is 0 Å². The highest BCUT2D eigenvalue weighted by Crippen LogP contribution is 2.19. The summed E-state index contributed by atoms with van der Waals surface area (Å²) in [4.78, 5) is 31.7. The van der Waals surface area contributed by atoms with Crippen LogP contribution in [0, 0.1) is 5.82 Å². The van der Waals surface area contributed by atoms with Crippen molar-refractivity contribution in [3.8, 4) is 0 Å². The van der Waals surface area contributed by atoms with Crippen LogP contribution in [0.3, 0.4) is 0 Å². The van der Waals surface area contributed by atoms with Crippen molar-refractivity contribution in [2.75, 3.05) is 37.6 Å². The molecule has 150 valence electrons. The number of rotatable bonds is 4. The van der Waals surface area contributed by atoms with Gasteiger partial charge in [0, 0.05) is 47.8 Å². The van der Waals surface area contributed by atoms with Gasteiger partial charge < -0.3 is 20.1 Å². The summed E-state index contributed by atoms with van der Waals surface area (Å²) in [7, 11) is 0. The van der Waals surface area contributed by atoms with Gasteiger partial charge in [0.1, 0.15) is 11.5 Å². The van der Waals surface area contributed by atoms with E-state index in [1.165, 1.54) is 12.1 Å². The first kappa shape index (κ1) is 19.3. The van der Waals surface area contributed by atoms with E-state index in [2.05, 4.69) is 15.2 Å². The highest BCUT2D eigenvalue weighted by molar-refractivity contribution is 6.30. The number of hydrogen-bond donors (Lipinski definition) is 2. The number of piperazine rings is 1. The minimum Gasteiger partial charge on any atom is -0.368 e. The fraction of sp³-hybridized carbons (Fsp3) is 0.238. The molecule has 1 saturated heterocycles. The van der Waals surface area contributed by atoms with Crippen LogP contribution in [-0.4, -0.2) is 54.4 Å². The SMILES string of the molecule is O=C(NCC(=O)N1CCN(c2ccc(Cl)cc2)CC1)c1cc2cc(F)ccc2[nH]1. The number of nitrogens with one attached hydrogen (secondary N) is 2. The van der Waals surface area contributed by atoms with Crippen LogP contribution >= 0.6 is 11.6 Å². The lowest BCUT2D eigenvalue weighted by Gasteiger charge is -2.36. The first-order valence-corrected chi connectivity index (χ1v) is 9.72. The van der Waals surface area contributed by atoms with Crippen LogP contribution in [0.25, 0.3) is 10.9 Å². The largest absolute Gasteiger partial charge is 0.368 e. The smallest absolute Gasteiger partial charge is 0.268 e. The predicted molar refractivity (Wildman–Crippen MR) is 111 cm³/mol. The Bertz CT molecular complexity index is 1040. The third kappa shape index (κ3) is 4.35. The summed E-state index contributed by atoms with van der Waals surface area (Å²) in [5.41, 5.74) is 2.04. The van der Waals surface area contributed by atoms with E-state index in [4.69, 9.17) is 11.6 Å². The van der Waals surface area contributed by atoms with Crippen molar-refractivity contribution in [3.63, 3.8) is 0 Å². The van der Waals surface area contributed by atoms with Crippen molar-refractivity contribution in [1.82, 2.24) is 15.2 Å². The first-order valence-electron chi connectivity index (χ1n) is 9.34. The molecule has 8 heteroatoms. The van der Waals surface area contributed by atoms with Gasteiger partial charge in [-0.25, -0.2) is 4.39 Å². The van der Waals surface area contributed by atoms with Crippen LogP contribution in [0.4, 0.5) is 10.1 Å². The van der Waals surface area contributed by atoms with Gasteiger partial charge in [-0.3, -0.25) is 9.59 Å². The van der Waals surface area contributed by atoms with Gasteiger partial charge in [0.2, 0.25) is 5.91 Å². The molecule has 1 aliphatic heterocycles. The van der Waals surface area contributed by atoms with Crippen LogP contribution in [0.2, 0.25) is 5.02 Å². The highest BCUT2D eigenvalue weighted by Gasteiger charge is 2.22. The second-order valence-electron chi connectivity index (χ2n) is 6.94. The molecule has 0 radical (unpaired) electrons. The summed E-state index contributed by atoms with van der Waals surface area (Å²) in [6.45, 7) is 2.53. The molecule has 3 aromatic rings. The number of carbonyl (C=O) groups is 2. The van der Waals surface area contributed by atoms with Gasteiger partial charge >= 0.3 is 0 Å². The topological polar surface area (TPSA) is 68.4 Å².